The maximum absolute atomic E-state index is 11.2. The highest BCUT2D eigenvalue weighted by atomic mass is 32.2. The summed E-state index contributed by atoms with van der Waals surface area (Å²) in [5.74, 6) is 0.0800. The zero-order valence-electron chi connectivity index (χ0n) is 9.40. The number of carboxylic acids is 1. The van der Waals surface area contributed by atoms with Crippen LogP contribution in [0.5, 0.6) is 0 Å². The average Bonchev–Trinajstić information content (AvgIpc) is 2.12. The molecule has 0 aliphatic heterocycles. The highest BCUT2D eigenvalue weighted by molar-refractivity contribution is 7.99. The van der Waals surface area contributed by atoms with Crippen LogP contribution in [0.4, 0.5) is 0 Å². The van der Waals surface area contributed by atoms with Crippen LogP contribution >= 0.6 is 11.8 Å². The van der Waals surface area contributed by atoms with E-state index in [1.165, 1.54) is 11.8 Å². The van der Waals surface area contributed by atoms with E-state index >= 15 is 0 Å². The first-order valence-electron chi connectivity index (χ1n) is 4.88. The number of hydrogen-bond donors (Lipinski definition) is 2. The monoisotopic (exact) mass is 242 g/mol. The number of hydrogen-bond acceptors (Lipinski definition) is 4. The topological polar surface area (TPSA) is 83.0 Å². The molecule has 0 atom stereocenters. The van der Waals surface area contributed by atoms with Crippen molar-refractivity contribution in [2.24, 2.45) is 5.92 Å². The molecule has 88 valence electrons. The molecule has 0 radical (unpaired) electrons. The highest BCUT2D eigenvalue weighted by Crippen LogP contribution is 2.22. The second-order valence-electron chi connectivity index (χ2n) is 3.86. The van der Waals surface area contributed by atoms with E-state index in [0.29, 0.717) is 16.6 Å². The number of thioether (sulfide) groups is 1. The van der Waals surface area contributed by atoms with E-state index in [1.54, 1.807) is 6.92 Å². The Hall–Kier alpha value is -1.30. The summed E-state index contributed by atoms with van der Waals surface area (Å²) in [4.78, 5) is 28.3. The van der Waals surface area contributed by atoms with Gasteiger partial charge in [0.2, 0.25) is 0 Å². The van der Waals surface area contributed by atoms with E-state index in [0.717, 1.165) is 5.75 Å². The maximum atomic E-state index is 11.2. The third-order valence-electron chi connectivity index (χ3n) is 1.85. The lowest BCUT2D eigenvalue weighted by molar-refractivity contribution is 0.0690. The molecule has 0 aliphatic rings. The van der Waals surface area contributed by atoms with Crippen LogP contribution < -0.4 is 5.69 Å². The van der Waals surface area contributed by atoms with Crippen molar-refractivity contribution < 1.29 is 9.90 Å². The number of rotatable bonds is 4. The van der Waals surface area contributed by atoms with Crippen LogP contribution in [0.1, 0.15) is 29.9 Å². The second-order valence-corrected chi connectivity index (χ2v) is 4.87. The molecule has 16 heavy (non-hydrogen) atoms. The Morgan fingerprint density at radius 3 is 2.69 bits per heavy atom. The van der Waals surface area contributed by atoms with E-state index in [4.69, 9.17) is 5.11 Å². The Kier molecular flexibility index (Phi) is 4.12. The van der Waals surface area contributed by atoms with Crippen LogP contribution in [0.2, 0.25) is 0 Å². The molecule has 0 amide bonds. The Balaban J connectivity index is 3.14. The summed E-state index contributed by atoms with van der Waals surface area (Å²) >= 11 is 1.30. The number of carbonyl (C=O) groups is 1. The van der Waals surface area contributed by atoms with Crippen molar-refractivity contribution in [2.45, 2.75) is 25.8 Å². The minimum atomic E-state index is -1.06. The first kappa shape index (κ1) is 12.8. The zero-order valence-corrected chi connectivity index (χ0v) is 10.2. The lowest BCUT2D eigenvalue weighted by atomic mass is 10.2. The molecule has 5 nitrogen and oxygen atoms in total. The molecule has 0 aromatic carbocycles. The lowest BCUT2D eigenvalue weighted by Gasteiger charge is -2.08. The first-order valence-corrected chi connectivity index (χ1v) is 5.87. The van der Waals surface area contributed by atoms with E-state index in [1.807, 2.05) is 13.8 Å². The maximum Gasteiger partial charge on any atom is 0.346 e. The van der Waals surface area contributed by atoms with Gasteiger partial charge in [-0.05, 0) is 12.8 Å². The summed E-state index contributed by atoms with van der Waals surface area (Å²) in [6.07, 6.45) is 0. The third kappa shape index (κ3) is 3.10. The van der Waals surface area contributed by atoms with Gasteiger partial charge in [0.15, 0.2) is 0 Å². The van der Waals surface area contributed by atoms with Gasteiger partial charge in [0.1, 0.15) is 10.6 Å². The Labute approximate surface area is 97.3 Å². The highest BCUT2D eigenvalue weighted by Gasteiger charge is 2.16. The normalized spacial score (nSPS) is 10.8. The molecular formula is C10H14N2O3S. The molecule has 0 saturated carbocycles. The largest absolute Gasteiger partial charge is 0.478 e. The summed E-state index contributed by atoms with van der Waals surface area (Å²) in [6, 6.07) is 0. The number of nitrogens with one attached hydrogen (secondary N) is 1. The minimum Gasteiger partial charge on any atom is -0.478 e. The molecule has 0 saturated heterocycles. The van der Waals surface area contributed by atoms with Crippen molar-refractivity contribution in [3.8, 4) is 0 Å². The van der Waals surface area contributed by atoms with Gasteiger partial charge in [-0.1, -0.05) is 13.8 Å². The Morgan fingerprint density at radius 1 is 1.56 bits per heavy atom. The lowest BCUT2D eigenvalue weighted by Crippen LogP contribution is -2.18. The van der Waals surface area contributed by atoms with Crippen molar-refractivity contribution in [1.29, 1.82) is 0 Å². The Morgan fingerprint density at radius 2 is 2.19 bits per heavy atom. The average molecular weight is 242 g/mol. The molecule has 0 unspecified atom stereocenters. The fraction of sp³-hybridized carbons (Fsp3) is 0.500. The standard InChI is InChI=1S/C10H14N2O3S/c1-5(2)4-16-8-7(9(13)14)6(3)11-10(15)12-8/h5H,4H2,1-3H3,(H,13,14)(H,11,12,15). The molecule has 0 aliphatic carbocycles. The quantitative estimate of drug-likeness (QED) is 0.618. The van der Waals surface area contributed by atoms with E-state index in [-0.39, 0.29) is 5.56 Å². The molecule has 0 bridgehead atoms. The number of aryl methyl sites for hydroxylation is 1. The molecule has 0 spiro atoms. The summed E-state index contributed by atoms with van der Waals surface area (Å²) in [6.45, 7) is 5.60. The van der Waals surface area contributed by atoms with Crippen LogP contribution in [0.25, 0.3) is 0 Å². The first-order chi connectivity index (χ1) is 7.41. The summed E-state index contributed by atoms with van der Waals surface area (Å²) < 4.78 is 0. The van der Waals surface area contributed by atoms with Crippen LogP contribution in [0.3, 0.4) is 0 Å². The van der Waals surface area contributed by atoms with Crippen molar-refractivity contribution in [3.63, 3.8) is 0 Å². The van der Waals surface area contributed by atoms with Gasteiger partial charge in [0.05, 0.1) is 0 Å². The van der Waals surface area contributed by atoms with Crippen LogP contribution in [-0.2, 0) is 0 Å². The molecule has 6 heteroatoms. The summed E-state index contributed by atoms with van der Waals surface area (Å²) in [5.41, 5.74) is -0.0715. The van der Waals surface area contributed by atoms with Gasteiger partial charge in [0.25, 0.3) is 0 Å². The minimum absolute atomic E-state index is 0.0882. The fourth-order valence-corrected chi connectivity index (χ4v) is 2.18. The number of carboxylic acid groups (broad SMARTS) is 1. The van der Waals surface area contributed by atoms with Gasteiger partial charge in [-0.3, -0.25) is 0 Å². The second kappa shape index (κ2) is 5.16. The summed E-state index contributed by atoms with van der Waals surface area (Å²) in [7, 11) is 0. The van der Waals surface area contributed by atoms with Crippen LogP contribution in [-0.4, -0.2) is 26.8 Å². The molecule has 2 N–H and O–H groups in total. The number of H-pyrrole nitrogens is 1. The zero-order chi connectivity index (χ0) is 12.3. The molecule has 1 aromatic rings. The van der Waals surface area contributed by atoms with Crippen LogP contribution in [0, 0.1) is 12.8 Å². The predicted octanol–water partition coefficient (Wildman–Crippen LogP) is 1.52. The van der Waals surface area contributed by atoms with Gasteiger partial charge in [-0.25, -0.2) is 9.59 Å². The van der Waals surface area contributed by atoms with E-state index in [9.17, 15) is 9.59 Å². The van der Waals surface area contributed by atoms with Crippen molar-refractivity contribution >= 4 is 17.7 Å². The Bertz CT molecular complexity index is 454. The smallest absolute Gasteiger partial charge is 0.346 e. The van der Waals surface area contributed by atoms with Crippen molar-refractivity contribution in [2.75, 3.05) is 5.75 Å². The van der Waals surface area contributed by atoms with Gasteiger partial charge >= 0.3 is 11.7 Å². The summed E-state index contributed by atoms with van der Waals surface area (Å²) in [5, 5.41) is 9.32. The van der Waals surface area contributed by atoms with Gasteiger partial charge in [-0.2, -0.15) is 4.98 Å². The van der Waals surface area contributed by atoms with E-state index < -0.39 is 11.7 Å². The third-order valence-corrected chi connectivity index (χ3v) is 3.26. The van der Waals surface area contributed by atoms with Crippen LogP contribution in [0.15, 0.2) is 9.82 Å². The van der Waals surface area contributed by atoms with Gasteiger partial charge < -0.3 is 10.1 Å². The molecule has 0 fully saturated rings. The predicted molar refractivity (Wildman–Crippen MR) is 62.1 cm³/mol. The van der Waals surface area contributed by atoms with Gasteiger partial charge in [-0.15, -0.1) is 11.8 Å². The number of aromatic amines is 1. The fourth-order valence-electron chi connectivity index (χ4n) is 1.16. The van der Waals surface area contributed by atoms with Gasteiger partial charge in [0, 0.05) is 11.4 Å². The number of aromatic carboxylic acids is 1. The molecule has 1 aromatic heterocycles. The van der Waals surface area contributed by atoms with Crippen molar-refractivity contribution in [1.82, 2.24) is 9.97 Å². The number of aromatic nitrogens is 2. The number of nitrogens with zero attached hydrogens (tertiary/aromatic N) is 1. The van der Waals surface area contributed by atoms with E-state index in [2.05, 4.69) is 9.97 Å². The molecule has 1 rings (SSSR count). The van der Waals surface area contributed by atoms with Crippen molar-refractivity contribution in [3.05, 3.63) is 21.7 Å². The molecule has 1 heterocycles. The SMILES string of the molecule is Cc1[nH]c(=O)nc(SCC(C)C)c1C(=O)O. The molecular weight excluding hydrogens is 228 g/mol.